The number of hydrogen-bond donors (Lipinski definition) is 2. The van der Waals surface area contributed by atoms with E-state index in [-0.39, 0.29) is 17.9 Å². The molecular formula is C19H16FN3O4S. The summed E-state index contributed by atoms with van der Waals surface area (Å²) >= 11 is 1.12. The molecule has 0 bridgehead atoms. The second-order valence-corrected chi connectivity index (χ2v) is 7.19. The maximum absolute atomic E-state index is 13.3. The molecule has 1 aliphatic heterocycles. The standard InChI is InChI=1S/C19H16FN3O4S/c1-23-17(25)15(28-19(23)22-14-7-3-5-12(20)9-14)10-16(24)21-13-6-2-4-11(8-13)18(26)27/h2-9,15H,10H2,1H3,(H,21,24)(H,26,27)/t15-/m0/s1. The van der Waals surface area contributed by atoms with Crippen LogP contribution in [0, 0.1) is 5.82 Å². The molecule has 28 heavy (non-hydrogen) atoms. The SMILES string of the molecule is CN1C(=O)[C@H](CC(=O)Nc2cccc(C(=O)O)c2)SC1=Nc1cccc(F)c1. The number of nitrogens with one attached hydrogen (secondary N) is 1. The molecule has 1 saturated heterocycles. The molecule has 2 aromatic rings. The maximum Gasteiger partial charge on any atom is 0.335 e. The largest absolute Gasteiger partial charge is 0.478 e. The molecular weight excluding hydrogens is 385 g/mol. The van der Waals surface area contributed by atoms with Crippen LogP contribution in [0.5, 0.6) is 0 Å². The number of amides is 2. The fraction of sp³-hybridized carbons (Fsp3) is 0.158. The molecule has 2 N–H and O–H groups in total. The quantitative estimate of drug-likeness (QED) is 0.802. The van der Waals surface area contributed by atoms with Crippen molar-refractivity contribution in [2.75, 3.05) is 12.4 Å². The van der Waals surface area contributed by atoms with Crippen molar-refractivity contribution in [2.24, 2.45) is 4.99 Å². The van der Waals surface area contributed by atoms with Gasteiger partial charge in [-0.3, -0.25) is 14.5 Å². The Hall–Kier alpha value is -3.20. The molecule has 2 amide bonds. The summed E-state index contributed by atoms with van der Waals surface area (Å²) in [5.41, 5.74) is 0.758. The van der Waals surface area contributed by atoms with Crippen molar-refractivity contribution in [2.45, 2.75) is 11.7 Å². The van der Waals surface area contributed by atoms with E-state index in [4.69, 9.17) is 5.11 Å². The van der Waals surface area contributed by atoms with Gasteiger partial charge in [-0.25, -0.2) is 14.2 Å². The van der Waals surface area contributed by atoms with Crippen LogP contribution in [-0.4, -0.2) is 45.3 Å². The lowest BCUT2D eigenvalue weighted by atomic mass is 10.2. The Bertz CT molecular complexity index is 979. The number of halogens is 1. The van der Waals surface area contributed by atoms with Crippen molar-refractivity contribution in [3.8, 4) is 0 Å². The minimum Gasteiger partial charge on any atom is -0.478 e. The number of carbonyl (C=O) groups is 3. The number of aromatic carboxylic acids is 1. The lowest BCUT2D eigenvalue weighted by Gasteiger charge is -2.09. The van der Waals surface area contributed by atoms with Gasteiger partial charge in [0.2, 0.25) is 11.8 Å². The van der Waals surface area contributed by atoms with Crippen LogP contribution < -0.4 is 5.32 Å². The minimum absolute atomic E-state index is 0.0494. The predicted molar refractivity (Wildman–Crippen MR) is 104 cm³/mol. The summed E-state index contributed by atoms with van der Waals surface area (Å²) in [5, 5.41) is 11.3. The van der Waals surface area contributed by atoms with Gasteiger partial charge in [0.25, 0.3) is 0 Å². The first-order valence-electron chi connectivity index (χ1n) is 8.25. The van der Waals surface area contributed by atoms with Crippen LogP contribution in [0.2, 0.25) is 0 Å². The van der Waals surface area contributed by atoms with E-state index in [0.717, 1.165) is 11.8 Å². The highest BCUT2D eigenvalue weighted by Crippen LogP contribution is 2.31. The Kier molecular flexibility index (Phi) is 5.74. The fourth-order valence-corrected chi connectivity index (χ4v) is 3.72. The number of hydrogen-bond acceptors (Lipinski definition) is 5. The van der Waals surface area contributed by atoms with Gasteiger partial charge in [-0.15, -0.1) is 0 Å². The summed E-state index contributed by atoms with van der Waals surface area (Å²) in [6.45, 7) is 0. The molecule has 0 unspecified atom stereocenters. The summed E-state index contributed by atoms with van der Waals surface area (Å²) < 4.78 is 13.3. The summed E-state index contributed by atoms with van der Waals surface area (Å²) in [4.78, 5) is 41.3. The number of carboxylic acid groups (broad SMARTS) is 1. The molecule has 0 saturated carbocycles. The van der Waals surface area contributed by atoms with Crippen LogP contribution in [0.3, 0.4) is 0 Å². The minimum atomic E-state index is -1.10. The number of amidine groups is 1. The smallest absolute Gasteiger partial charge is 0.335 e. The van der Waals surface area contributed by atoms with E-state index in [2.05, 4.69) is 10.3 Å². The van der Waals surface area contributed by atoms with Gasteiger partial charge in [0.15, 0.2) is 5.17 Å². The normalized spacial score (nSPS) is 17.8. The van der Waals surface area contributed by atoms with E-state index in [1.54, 1.807) is 19.2 Å². The van der Waals surface area contributed by atoms with Crippen LogP contribution in [0.4, 0.5) is 15.8 Å². The highest BCUT2D eigenvalue weighted by atomic mass is 32.2. The topological polar surface area (TPSA) is 99.1 Å². The van der Waals surface area contributed by atoms with Crippen LogP contribution >= 0.6 is 11.8 Å². The average molecular weight is 401 g/mol. The van der Waals surface area contributed by atoms with Gasteiger partial charge in [0.05, 0.1) is 11.3 Å². The lowest BCUT2D eigenvalue weighted by molar-refractivity contribution is -0.127. The number of rotatable bonds is 5. The van der Waals surface area contributed by atoms with E-state index >= 15 is 0 Å². The zero-order chi connectivity index (χ0) is 20.3. The third-order valence-electron chi connectivity index (χ3n) is 3.94. The molecule has 1 fully saturated rings. The zero-order valence-electron chi connectivity index (χ0n) is 14.8. The monoisotopic (exact) mass is 401 g/mol. The van der Waals surface area contributed by atoms with Gasteiger partial charge in [-0.05, 0) is 36.4 Å². The second kappa shape index (κ2) is 8.22. The van der Waals surface area contributed by atoms with Crippen molar-refractivity contribution in [3.05, 3.63) is 59.9 Å². The van der Waals surface area contributed by atoms with Gasteiger partial charge in [-0.2, -0.15) is 0 Å². The molecule has 7 nitrogen and oxygen atoms in total. The summed E-state index contributed by atoms with van der Waals surface area (Å²) in [5.74, 6) is -2.24. The van der Waals surface area contributed by atoms with Crippen LogP contribution in [-0.2, 0) is 9.59 Å². The van der Waals surface area contributed by atoms with Gasteiger partial charge < -0.3 is 10.4 Å². The molecule has 0 radical (unpaired) electrons. The maximum atomic E-state index is 13.3. The highest BCUT2D eigenvalue weighted by molar-refractivity contribution is 8.15. The number of anilines is 1. The number of thioether (sulfide) groups is 1. The molecule has 0 spiro atoms. The number of benzene rings is 2. The lowest BCUT2D eigenvalue weighted by Crippen LogP contribution is -2.30. The van der Waals surface area contributed by atoms with Gasteiger partial charge in [-0.1, -0.05) is 23.9 Å². The van der Waals surface area contributed by atoms with Crippen molar-refractivity contribution in [1.29, 1.82) is 0 Å². The second-order valence-electron chi connectivity index (χ2n) is 6.02. The number of nitrogens with zero attached hydrogens (tertiary/aromatic N) is 2. The van der Waals surface area contributed by atoms with E-state index < -0.39 is 22.9 Å². The van der Waals surface area contributed by atoms with Gasteiger partial charge in [0.1, 0.15) is 11.1 Å². The zero-order valence-corrected chi connectivity index (χ0v) is 15.6. The summed E-state index contributed by atoms with van der Waals surface area (Å²) in [6.07, 6.45) is -0.104. The number of carboxylic acids is 1. The van der Waals surface area contributed by atoms with E-state index in [9.17, 15) is 18.8 Å². The average Bonchev–Trinajstić information content (AvgIpc) is 2.90. The summed E-state index contributed by atoms with van der Waals surface area (Å²) in [7, 11) is 1.54. The Morgan fingerprint density at radius 2 is 2.00 bits per heavy atom. The molecule has 1 heterocycles. The van der Waals surface area contributed by atoms with Crippen LogP contribution in [0.1, 0.15) is 16.8 Å². The van der Waals surface area contributed by atoms with Gasteiger partial charge in [0, 0.05) is 19.2 Å². The fourth-order valence-electron chi connectivity index (χ4n) is 2.56. The molecule has 144 valence electrons. The summed E-state index contributed by atoms with van der Waals surface area (Å²) in [6, 6.07) is 11.5. The van der Waals surface area contributed by atoms with Crippen molar-refractivity contribution in [1.82, 2.24) is 4.90 Å². The highest BCUT2D eigenvalue weighted by Gasteiger charge is 2.37. The Labute approximate surface area is 164 Å². The van der Waals surface area contributed by atoms with Crippen molar-refractivity contribution in [3.63, 3.8) is 0 Å². The third-order valence-corrected chi connectivity index (χ3v) is 5.17. The van der Waals surface area contributed by atoms with E-state index in [0.29, 0.717) is 16.5 Å². The first kappa shape index (κ1) is 19.6. The third kappa shape index (κ3) is 4.55. The number of aliphatic imine (C=N–C) groups is 1. The van der Waals surface area contributed by atoms with Crippen molar-refractivity contribution >= 4 is 46.1 Å². The Balaban J connectivity index is 1.67. The Morgan fingerprint density at radius 1 is 1.25 bits per heavy atom. The van der Waals surface area contributed by atoms with Crippen molar-refractivity contribution < 1.29 is 23.9 Å². The molecule has 1 aliphatic rings. The predicted octanol–water partition coefficient (Wildman–Crippen LogP) is 3.11. The first-order valence-corrected chi connectivity index (χ1v) is 9.13. The molecule has 2 aromatic carbocycles. The van der Waals surface area contributed by atoms with E-state index in [1.807, 2.05) is 0 Å². The molecule has 1 atom stereocenters. The first-order chi connectivity index (χ1) is 13.3. The van der Waals surface area contributed by atoms with Gasteiger partial charge >= 0.3 is 5.97 Å². The van der Waals surface area contributed by atoms with E-state index in [1.165, 1.54) is 41.3 Å². The molecule has 0 aromatic heterocycles. The molecule has 9 heteroatoms. The Morgan fingerprint density at radius 3 is 2.71 bits per heavy atom. The molecule has 0 aliphatic carbocycles. The van der Waals surface area contributed by atoms with Crippen LogP contribution in [0.25, 0.3) is 0 Å². The molecule has 3 rings (SSSR count). The number of carbonyl (C=O) groups excluding carboxylic acids is 2. The van der Waals surface area contributed by atoms with Crippen LogP contribution in [0.15, 0.2) is 53.5 Å².